The second-order valence-corrected chi connectivity index (χ2v) is 5.12. The molecule has 0 unspecified atom stereocenters. The molecule has 0 aliphatic heterocycles. The van der Waals surface area contributed by atoms with Crippen LogP contribution in [-0.2, 0) is 11.2 Å². The van der Waals surface area contributed by atoms with Crippen molar-refractivity contribution in [3.63, 3.8) is 0 Å². The molecular formula is C10H9BrN2O2S. The number of hydrogen-bond donors (Lipinski definition) is 2. The fraction of sp³-hybridized carbons (Fsp3) is 0.200. The Bertz CT molecular complexity index is 506. The first-order valence-electron chi connectivity index (χ1n) is 4.65. The number of H-pyrrole nitrogens is 1. The maximum Gasteiger partial charge on any atom is 0.303 e. The van der Waals surface area contributed by atoms with Crippen molar-refractivity contribution in [2.24, 2.45) is 0 Å². The quantitative estimate of drug-likeness (QED) is 0.912. The molecule has 0 saturated carbocycles. The van der Waals surface area contributed by atoms with Gasteiger partial charge < -0.3 is 5.11 Å². The zero-order valence-corrected chi connectivity index (χ0v) is 10.6. The molecule has 0 spiro atoms. The predicted molar refractivity (Wildman–Crippen MR) is 65.6 cm³/mol. The van der Waals surface area contributed by atoms with E-state index >= 15 is 0 Å². The predicted octanol–water partition coefficient (Wildman–Crippen LogP) is 2.92. The third-order valence-corrected chi connectivity index (χ3v) is 3.85. The number of aromatic nitrogens is 2. The summed E-state index contributed by atoms with van der Waals surface area (Å²) in [7, 11) is 0. The summed E-state index contributed by atoms with van der Waals surface area (Å²) in [6.45, 7) is 0. The molecule has 84 valence electrons. The number of nitrogens with one attached hydrogen (secondary N) is 1. The monoisotopic (exact) mass is 300 g/mol. The van der Waals surface area contributed by atoms with E-state index in [0.29, 0.717) is 6.42 Å². The van der Waals surface area contributed by atoms with Gasteiger partial charge in [-0.05, 0) is 34.0 Å². The smallest absolute Gasteiger partial charge is 0.303 e. The SMILES string of the molecule is O=C(O)CCc1cn[nH]c1-c1cc(Br)cs1. The van der Waals surface area contributed by atoms with Crippen molar-refractivity contribution in [1.82, 2.24) is 10.2 Å². The third kappa shape index (κ3) is 2.51. The molecule has 6 heteroatoms. The second-order valence-electron chi connectivity index (χ2n) is 3.29. The number of aliphatic carboxylic acids is 1. The zero-order valence-electron chi connectivity index (χ0n) is 8.24. The van der Waals surface area contributed by atoms with Gasteiger partial charge in [0.25, 0.3) is 0 Å². The van der Waals surface area contributed by atoms with Gasteiger partial charge in [0.2, 0.25) is 0 Å². The first kappa shape index (κ1) is 11.3. The Morgan fingerprint density at radius 2 is 2.44 bits per heavy atom. The Kier molecular flexibility index (Phi) is 3.40. The molecule has 0 fully saturated rings. The van der Waals surface area contributed by atoms with Gasteiger partial charge in [-0.3, -0.25) is 9.89 Å². The van der Waals surface area contributed by atoms with Crippen LogP contribution in [0, 0.1) is 0 Å². The lowest BCUT2D eigenvalue weighted by molar-refractivity contribution is -0.136. The van der Waals surface area contributed by atoms with Crippen LogP contribution in [0.2, 0.25) is 0 Å². The number of carboxylic acids is 1. The van der Waals surface area contributed by atoms with E-state index in [1.165, 1.54) is 0 Å². The molecule has 2 aromatic heterocycles. The summed E-state index contributed by atoms with van der Waals surface area (Å²) in [5.41, 5.74) is 1.86. The molecule has 0 aliphatic rings. The number of aromatic amines is 1. The molecule has 0 radical (unpaired) electrons. The first-order valence-corrected chi connectivity index (χ1v) is 6.32. The molecule has 16 heavy (non-hydrogen) atoms. The van der Waals surface area contributed by atoms with Gasteiger partial charge in [-0.1, -0.05) is 0 Å². The summed E-state index contributed by atoms with van der Waals surface area (Å²) in [5, 5.41) is 17.5. The lowest BCUT2D eigenvalue weighted by Crippen LogP contribution is -1.97. The standard InChI is InChI=1S/C10H9BrN2O2S/c11-7-3-8(16-5-7)10-6(4-12-13-10)1-2-9(14)15/h3-5H,1-2H2,(H,12,13)(H,14,15). The summed E-state index contributed by atoms with van der Waals surface area (Å²) in [6.07, 6.45) is 2.31. The van der Waals surface area contributed by atoms with Crippen molar-refractivity contribution in [3.05, 3.63) is 27.7 Å². The molecule has 2 aromatic rings. The van der Waals surface area contributed by atoms with Gasteiger partial charge >= 0.3 is 5.97 Å². The van der Waals surface area contributed by atoms with Gasteiger partial charge in [0.15, 0.2) is 0 Å². The largest absolute Gasteiger partial charge is 0.481 e. The maximum absolute atomic E-state index is 10.5. The normalized spacial score (nSPS) is 10.6. The van der Waals surface area contributed by atoms with Crippen molar-refractivity contribution in [1.29, 1.82) is 0 Å². The zero-order chi connectivity index (χ0) is 11.5. The molecule has 2 N–H and O–H groups in total. The van der Waals surface area contributed by atoms with Crippen LogP contribution in [0.3, 0.4) is 0 Å². The van der Waals surface area contributed by atoms with Crippen LogP contribution in [0.1, 0.15) is 12.0 Å². The van der Waals surface area contributed by atoms with Crippen LogP contribution in [-0.4, -0.2) is 21.3 Å². The topological polar surface area (TPSA) is 66.0 Å². The number of thiophene rings is 1. The summed E-state index contributed by atoms with van der Waals surface area (Å²) in [6, 6.07) is 1.99. The number of carboxylic acid groups (broad SMARTS) is 1. The maximum atomic E-state index is 10.5. The lowest BCUT2D eigenvalue weighted by atomic mass is 10.1. The average molecular weight is 301 g/mol. The second kappa shape index (κ2) is 4.80. The highest BCUT2D eigenvalue weighted by Crippen LogP contribution is 2.30. The molecule has 2 rings (SSSR count). The first-order chi connectivity index (χ1) is 7.66. The number of halogens is 1. The summed E-state index contributed by atoms with van der Waals surface area (Å²) < 4.78 is 1.02. The number of nitrogens with zero attached hydrogens (tertiary/aromatic N) is 1. The summed E-state index contributed by atoms with van der Waals surface area (Å²) in [5.74, 6) is -0.792. The molecule has 0 atom stereocenters. The van der Waals surface area contributed by atoms with Crippen LogP contribution in [0.15, 0.2) is 22.1 Å². The van der Waals surface area contributed by atoms with Crippen LogP contribution in [0.4, 0.5) is 0 Å². The van der Waals surface area contributed by atoms with Crippen molar-refractivity contribution in [2.75, 3.05) is 0 Å². The Balaban J connectivity index is 2.22. The number of rotatable bonds is 4. The van der Waals surface area contributed by atoms with E-state index < -0.39 is 5.97 Å². The van der Waals surface area contributed by atoms with Gasteiger partial charge in [0.1, 0.15) is 0 Å². The third-order valence-electron chi connectivity index (χ3n) is 2.14. The number of hydrogen-bond acceptors (Lipinski definition) is 3. The fourth-order valence-corrected chi connectivity index (χ4v) is 2.86. The van der Waals surface area contributed by atoms with Crippen molar-refractivity contribution >= 4 is 33.2 Å². The van der Waals surface area contributed by atoms with Gasteiger partial charge in [0, 0.05) is 16.3 Å². The van der Waals surface area contributed by atoms with Crippen LogP contribution in [0.5, 0.6) is 0 Å². The highest BCUT2D eigenvalue weighted by molar-refractivity contribution is 9.10. The molecular weight excluding hydrogens is 292 g/mol. The van der Waals surface area contributed by atoms with E-state index in [-0.39, 0.29) is 6.42 Å². The highest BCUT2D eigenvalue weighted by Gasteiger charge is 2.10. The minimum atomic E-state index is -0.792. The van der Waals surface area contributed by atoms with Gasteiger partial charge in [-0.25, -0.2) is 0 Å². The van der Waals surface area contributed by atoms with Crippen LogP contribution >= 0.6 is 27.3 Å². The Hall–Kier alpha value is -1.14. The highest BCUT2D eigenvalue weighted by atomic mass is 79.9. The molecule has 0 aliphatic carbocycles. The van der Waals surface area contributed by atoms with E-state index in [2.05, 4.69) is 26.1 Å². The van der Waals surface area contributed by atoms with Gasteiger partial charge in [-0.2, -0.15) is 5.10 Å². The lowest BCUT2D eigenvalue weighted by Gasteiger charge is -1.98. The Morgan fingerprint density at radius 1 is 1.62 bits per heavy atom. The van der Waals surface area contributed by atoms with E-state index in [0.717, 1.165) is 20.6 Å². The van der Waals surface area contributed by atoms with E-state index in [1.54, 1.807) is 17.5 Å². The molecule has 0 amide bonds. The van der Waals surface area contributed by atoms with E-state index in [1.807, 2.05) is 11.4 Å². The van der Waals surface area contributed by atoms with Crippen molar-refractivity contribution in [3.8, 4) is 10.6 Å². The summed E-state index contributed by atoms with van der Waals surface area (Å²) >= 11 is 4.98. The van der Waals surface area contributed by atoms with E-state index in [9.17, 15) is 4.79 Å². The van der Waals surface area contributed by atoms with Gasteiger partial charge in [0.05, 0.1) is 16.8 Å². The van der Waals surface area contributed by atoms with Crippen LogP contribution in [0.25, 0.3) is 10.6 Å². The molecule has 4 nitrogen and oxygen atoms in total. The minimum absolute atomic E-state index is 0.124. The van der Waals surface area contributed by atoms with Crippen molar-refractivity contribution < 1.29 is 9.90 Å². The fourth-order valence-electron chi connectivity index (χ4n) is 1.40. The Morgan fingerprint density at radius 3 is 3.06 bits per heavy atom. The number of aryl methyl sites for hydroxylation is 1. The average Bonchev–Trinajstić information content (AvgIpc) is 2.82. The van der Waals surface area contributed by atoms with Crippen LogP contribution < -0.4 is 0 Å². The minimum Gasteiger partial charge on any atom is -0.481 e. The number of carbonyl (C=O) groups is 1. The molecule has 0 aromatic carbocycles. The summed E-state index contributed by atoms with van der Waals surface area (Å²) in [4.78, 5) is 11.6. The Labute approximate surface area is 104 Å². The molecule has 0 saturated heterocycles. The van der Waals surface area contributed by atoms with E-state index in [4.69, 9.17) is 5.11 Å². The van der Waals surface area contributed by atoms with Crippen molar-refractivity contribution in [2.45, 2.75) is 12.8 Å². The molecule has 2 heterocycles. The molecule has 0 bridgehead atoms. The van der Waals surface area contributed by atoms with Gasteiger partial charge in [-0.15, -0.1) is 11.3 Å².